The zero-order valence-electron chi connectivity index (χ0n) is 8.36. The summed E-state index contributed by atoms with van der Waals surface area (Å²) in [6, 6.07) is 7.20. The van der Waals surface area contributed by atoms with Crippen molar-refractivity contribution < 1.29 is 9.13 Å². The van der Waals surface area contributed by atoms with Gasteiger partial charge in [-0.25, -0.2) is 4.39 Å². The van der Waals surface area contributed by atoms with Gasteiger partial charge in [-0.1, -0.05) is 0 Å². The Hall–Kier alpha value is -2.60. The van der Waals surface area contributed by atoms with E-state index in [1.165, 1.54) is 19.2 Å². The molecule has 0 aliphatic heterocycles. The Morgan fingerprint density at radius 3 is 2.62 bits per heavy atom. The van der Waals surface area contributed by atoms with Crippen LogP contribution in [0.5, 0.6) is 5.75 Å². The number of nitrogens with zero attached hydrogens (tertiary/aromatic N) is 3. The number of ether oxygens (including phenoxy) is 1. The van der Waals surface area contributed by atoms with Gasteiger partial charge < -0.3 is 4.74 Å². The highest BCUT2D eigenvalue weighted by Crippen LogP contribution is 2.20. The van der Waals surface area contributed by atoms with Gasteiger partial charge >= 0.3 is 0 Å². The Morgan fingerprint density at radius 2 is 2.12 bits per heavy atom. The average Bonchev–Trinajstić information content (AvgIpc) is 2.30. The first-order chi connectivity index (χ1) is 7.71. The molecule has 1 aromatic carbocycles. The molecule has 0 aromatic heterocycles. The average molecular weight is 218 g/mol. The molecule has 0 bridgehead atoms. The molecule has 0 aliphatic rings. The van der Waals surface area contributed by atoms with Crippen molar-refractivity contribution in [3.63, 3.8) is 0 Å². The van der Waals surface area contributed by atoms with Gasteiger partial charge in [0.1, 0.15) is 12.1 Å². The minimum Gasteiger partial charge on any atom is -0.494 e. The first-order valence-electron chi connectivity index (χ1n) is 4.18. The third kappa shape index (κ3) is 2.69. The fourth-order valence-corrected chi connectivity index (χ4v) is 0.931. The van der Waals surface area contributed by atoms with Crippen molar-refractivity contribution in [2.45, 2.75) is 0 Å². The number of hydrogen-bond donors (Lipinski definition) is 1. The number of hydrogen-bond acceptors (Lipinski definition) is 5. The lowest BCUT2D eigenvalue weighted by molar-refractivity contribution is 0.386. The predicted molar refractivity (Wildman–Crippen MR) is 55.2 cm³/mol. The van der Waals surface area contributed by atoms with E-state index in [1.807, 2.05) is 0 Å². The Balaban J connectivity index is 2.85. The smallest absolute Gasteiger partial charge is 0.237 e. The van der Waals surface area contributed by atoms with Crippen LogP contribution in [0.25, 0.3) is 0 Å². The lowest BCUT2D eigenvalue weighted by Gasteiger charge is -2.03. The molecule has 80 valence electrons. The largest absolute Gasteiger partial charge is 0.494 e. The van der Waals surface area contributed by atoms with Crippen LogP contribution < -0.4 is 10.2 Å². The van der Waals surface area contributed by atoms with E-state index in [1.54, 1.807) is 12.1 Å². The fourth-order valence-electron chi connectivity index (χ4n) is 0.931. The van der Waals surface area contributed by atoms with Crippen LogP contribution in [-0.2, 0) is 0 Å². The Labute approximate surface area is 91.4 Å². The Bertz CT molecular complexity index is 483. The van der Waals surface area contributed by atoms with Crippen LogP contribution in [0.3, 0.4) is 0 Å². The van der Waals surface area contributed by atoms with Crippen molar-refractivity contribution in [3.05, 3.63) is 24.0 Å². The van der Waals surface area contributed by atoms with Crippen molar-refractivity contribution >= 4 is 11.4 Å². The quantitative estimate of drug-likeness (QED) is 0.617. The second kappa shape index (κ2) is 5.32. The number of nitrogens with one attached hydrogen (secondary N) is 1. The molecule has 0 amide bonds. The zero-order valence-corrected chi connectivity index (χ0v) is 8.36. The van der Waals surface area contributed by atoms with E-state index in [9.17, 15) is 4.39 Å². The summed E-state index contributed by atoms with van der Waals surface area (Å²) >= 11 is 0. The number of hydrazone groups is 1. The maximum absolute atomic E-state index is 13.2. The number of methoxy groups -OCH3 is 1. The van der Waals surface area contributed by atoms with Gasteiger partial charge in [-0.2, -0.15) is 15.6 Å². The van der Waals surface area contributed by atoms with Crippen molar-refractivity contribution in [3.8, 4) is 17.9 Å². The molecular weight excluding hydrogens is 211 g/mol. The van der Waals surface area contributed by atoms with Crippen LogP contribution in [0, 0.1) is 28.5 Å². The summed E-state index contributed by atoms with van der Waals surface area (Å²) in [4.78, 5) is 0. The van der Waals surface area contributed by atoms with Crippen LogP contribution in [0.2, 0.25) is 0 Å². The summed E-state index contributed by atoms with van der Waals surface area (Å²) in [6.07, 6.45) is 0. The van der Waals surface area contributed by atoms with E-state index >= 15 is 0 Å². The lowest BCUT2D eigenvalue weighted by Crippen LogP contribution is -1.97. The fraction of sp³-hybridized carbons (Fsp3) is 0.100. The topological polar surface area (TPSA) is 81.2 Å². The minimum absolute atomic E-state index is 0.107. The number of anilines is 1. The van der Waals surface area contributed by atoms with Crippen LogP contribution in [0.4, 0.5) is 10.1 Å². The second-order valence-electron chi connectivity index (χ2n) is 2.65. The summed E-state index contributed by atoms with van der Waals surface area (Å²) in [5, 5.41) is 20.3. The van der Waals surface area contributed by atoms with Crippen LogP contribution in [-0.4, -0.2) is 12.8 Å². The maximum Gasteiger partial charge on any atom is 0.237 e. The van der Waals surface area contributed by atoms with Gasteiger partial charge in [-0.3, -0.25) is 5.43 Å². The van der Waals surface area contributed by atoms with Crippen molar-refractivity contribution in [1.29, 1.82) is 10.5 Å². The van der Waals surface area contributed by atoms with E-state index < -0.39 is 5.82 Å². The molecule has 0 atom stereocenters. The lowest BCUT2D eigenvalue weighted by atomic mass is 10.3. The summed E-state index contributed by atoms with van der Waals surface area (Å²) < 4.78 is 17.9. The highest BCUT2D eigenvalue weighted by atomic mass is 19.1. The van der Waals surface area contributed by atoms with Gasteiger partial charge in [0.05, 0.1) is 12.8 Å². The summed E-state index contributed by atoms with van der Waals surface area (Å²) in [6.45, 7) is 0. The first kappa shape index (κ1) is 11.5. The maximum atomic E-state index is 13.2. The number of benzene rings is 1. The van der Waals surface area contributed by atoms with Gasteiger partial charge in [0.2, 0.25) is 5.71 Å². The monoisotopic (exact) mass is 218 g/mol. The van der Waals surface area contributed by atoms with Crippen molar-refractivity contribution in [2.75, 3.05) is 12.5 Å². The molecule has 0 unspecified atom stereocenters. The minimum atomic E-state index is -0.557. The van der Waals surface area contributed by atoms with Crippen LogP contribution in [0.1, 0.15) is 0 Å². The molecule has 0 heterocycles. The van der Waals surface area contributed by atoms with E-state index in [4.69, 9.17) is 15.3 Å². The van der Waals surface area contributed by atoms with E-state index in [2.05, 4.69) is 10.5 Å². The first-order valence-corrected chi connectivity index (χ1v) is 4.18. The number of halogens is 1. The van der Waals surface area contributed by atoms with Gasteiger partial charge in [0.25, 0.3) is 0 Å². The van der Waals surface area contributed by atoms with E-state index in [0.717, 1.165) is 6.07 Å². The highest BCUT2D eigenvalue weighted by Gasteiger charge is 2.02. The summed E-state index contributed by atoms with van der Waals surface area (Å²) in [5.74, 6) is -0.450. The van der Waals surface area contributed by atoms with E-state index in [-0.39, 0.29) is 11.5 Å². The van der Waals surface area contributed by atoms with Gasteiger partial charge in [0.15, 0.2) is 11.6 Å². The van der Waals surface area contributed by atoms with Gasteiger partial charge in [-0.15, -0.1) is 0 Å². The molecule has 1 N–H and O–H groups in total. The normalized spacial score (nSPS) is 8.50. The molecule has 1 aromatic rings. The van der Waals surface area contributed by atoms with Crippen LogP contribution in [0.15, 0.2) is 23.3 Å². The third-order valence-corrected chi connectivity index (χ3v) is 1.66. The van der Waals surface area contributed by atoms with Gasteiger partial charge in [0, 0.05) is 6.07 Å². The standard InChI is InChI=1S/C10H7FN4O/c1-16-10-3-2-7(4-9(10)11)14-15-8(5-12)6-13/h2-4,14H,1H3. The van der Waals surface area contributed by atoms with Crippen molar-refractivity contribution in [2.24, 2.45) is 5.10 Å². The Kier molecular flexibility index (Phi) is 3.82. The molecule has 0 spiro atoms. The molecule has 5 nitrogen and oxygen atoms in total. The molecule has 6 heteroatoms. The third-order valence-electron chi connectivity index (χ3n) is 1.66. The van der Waals surface area contributed by atoms with Gasteiger partial charge in [-0.05, 0) is 12.1 Å². The second-order valence-corrected chi connectivity index (χ2v) is 2.65. The SMILES string of the molecule is COc1ccc(NN=C(C#N)C#N)cc1F. The van der Waals surface area contributed by atoms with Crippen LogP contribution >= 0.6 is 0 Å². The molecule has 0 aliphatic carbocycles. The predicted octanol–water partition coefficient (Wildman–Crippen LogP) is 1.65. The number of nitriles is 2. The number of rotatable bonds is 3. The molecular formula is C10H7FN4O. The van der Waals surface area contributed by atoms with Crippen molar-refractivity contribution in [1.82, 2.24) is 0 Å². The molecule has 16 heavy (non-hydrogen) atoms. The summed E-state index contributed by atoms with van der Waals surface area (Å²) in [5.41, 5.74) is 2.37. The molecule has 0 radical (unpaired) electrons. The molecule has 0 saturated carbocycles. The summed E-state index contributed by atoms with van der Waals surface area (Å²) in [7, 11) is 1.35. The molecule has 0 saturated heterocycles. The Morgan fingerprint density at radius 1 is 1.44 bits per heavy atom. The highest BCUT2D eigenvalue weighted by molar-refractivity contribution is 6.10. The zero-order chi connectivity index (χ0) is 12.0. The van der Waals surface area contributed by atoms with E-state index in [0.29, 0.717) is 5.69 Å². The molecule has 1 rings (SSSR count). The molecule has 0 fully saturated rings.